The van der Waals surface area contributed by atoms with Crippen LogP contribution in [0.5, 0.6) is 5.75 Å². The minimum Gasteiger partial charge on any atom is -0.497 e. The molecule has 4 heteroatoms. The predicted molar refractivity (Wildman–Crippen MR) is 77.8 cm³/mol. The number of methoxy groups -OCH3 is 1. The Bertz CT molecular complexity index is 734. The van der Waals surface area contributed by atoms with Gasteiger partial charge in [0.25, 0.3) is 0 Å². The molecule has 2 aromatic heterocycles. The molecule has 2 heterocycles. The zero-order valence-electron chi connectivity index (χ0n) is 11.3. The third-order valence-electron chi connectivity index (χ3n) is 3.37. The van der Waals surface area contributed by atoms with Gasteiger partial charge in [0, 0.05) is 29.9 Å². The Morgan fingerprint density at radius 2 is 2.15 bits per heavy atom. The van der Waals surface area contributed by atoms with E-state index in [-0.39, 0.29) is 6.61 Å². The SMILES string of the molecule is COc1cccc(Cn2cc(CO)c3cccnc32)c1. The van der Waals surface area contributed by atoms with Crippen LogP contribution in [0, 0.1) is 0 Å². The summed E-state index contributed by atoms with van der Waals surface area (Å²) in [5.74, 6) is 0.842. The van der Waals surface area contributed by atoms with E-state index in [1.165, 1.54) is 0 Å². The van der Waals surface area contributed by atoms with Crippen LogP contribution in [0.3, 0.4) is 0 Å². The quantitative estimate of drug-likeness (QED) is 0.791. The molecule has 0 amide bonds. The van der Waals surface area contributed by atoms with Gasteiger partial charge in [-0.15, -0.1) is 0 Å². The number of nitrogens with zero attached hydrogens (tertiary/aromatic N) is 2. The van der Waals surface area contributed by atoms with Crippen LogP contribution >= 0.6 is 0 Å². The van der Waals surface area contributed by atoms with E-state index in [0.29, 0.717) is 6.54 Å². The third-order valence-corrected chi connectivity index (χ3v) is 3.37. The van der Waals surface area contributed by atoms with Crippen LogP contribution in [0.15, 0.2) is 48.8 Å². The highest BCUT2D eigenvalue weighted by molar-refractivity contribution is 5.80. The van der Waals surface area contributed by atoms with Crippen molar-refractivity contribution in [3.8, 4) is 5.75 Å². The lowest BCUT2D eigenvalue weighted by molar-refractivity contribution is 0.283. The Morgan fingerprint density at radius 1 is 1.25 bits per heavy atom. The number of benzene rings is 1. The van der Waals surface area contributed by atoms with E-state index in [1.54, 1.807) is 13.3 Å². The van der Waals surface area contributed by atoms with E-state index in [1.807, 2.05) is 36.5 Å². The van der Waals surface area contributed by atoms with Crippen molar-refractivity contribution in [2.75, 3.05) is 7.11 Å². The molecule has 0 saturated carbocycles. The van der Waals surface area contributed by atoms with Gasteiger partial charge in [0.1, 0.15) is 11.4 Å². The topological polar surface area (TPSA) is 47.3 Å². The van der Waals surface area contributed by atoms with Crippen molar-refractivity contribution >= 4 is 11.0 Å². The van der Waals surface area contributed by atoms with Crippen molar-refractivity contribution in [3.63, 3.8) is 0 Å². The summed E-state index contributed by atoms with van der Waals surface area (Å²) < 4.78 is 7.29. The lowest BCUT2D eigenvalue weighted by atomic mass is 10.2. The predicted octanol–water partition coefficient (Wildman–Crippen LogP) is 2.59. The molecule has 0 aliphatic rings. The Labute approximate surface area is 117 Å². The molecule has 3 rings (SSSR count). The molecule has 0 spiro atoms. The molecule has 0 aliphatic carbocycles. The highest BCUT2D eigenvalue weighted by atomic mass is 16.5. The molecular formula is C16H16N2O2. The molecule has 20 heavy (non-hydrogen) atoms. The number of hydrogen-bond donors (Lipinski definition) is 1. The van der Waals surface area contributed by atoms with E-state index < -0.39 is 0 Å². The molecule has 1 N–H and O–H groups in total. The normalized spacial score (nSPS) is 10.9. The standard InChI is InChI=1S/C16H16N2O2/c1-20-14-5-2-4-12(8-14)9-18-10-13(11-19)15-6-3-7-17-16(15)18/h2-8,10,19H,9,11H2,1H3. The zero-order chi connectivity index (χ0) is 13.9. The van der Waals surface area contributed by atoms with Crippen molar-refractivity contribution in [3.05, 3.63) is 59.9 Å². The second-order valence-corrected chi connectivity index (χ2v) is 4.67. The second-order valence-electron chi connectivity index (χ2n) is 4.67. The number of pyridine rings is 1. The van der Waals surface area contributed by atoms with Crippen LogP contribution in [0.2, 0.25) is 0 Å². The summed E-state index contributed by atoms with van der Waals surface area (Å²) in [6.45, 7) is 0.720. The molecule has 0 atom stereocenters. The maximum absolute atomic E-state index is 9.44. The Morgan fingerprint density at radius 3 is 2.95 bits per heavy atom. The number of aliphatic hydroxyl groups is 1. The van der Waals surface area contributed by atoms with Gasteiger partial charge in [0.15, 0.2) is 0 Å². The van der Waals surface area contributed by atoms with Gasteiger partial charge in [-0.1, -0.05) is 12.1 Å². The van der Waals surface area contributed by atoms with E-state index in [0.717, 1.165) is 27.9 Å². The summed E-state index contributed by atoms with van der Waals surface area (Å²) in [7, 11) is 1.66. The summed E-state index contributed by atoms with van der Waals surface area (Å²) in [6.07, 6.45) is 3.72. The average molecular weight is 268 g/mol. The van der Waals surface area contributed by atoms with Crippen molar-refractivity contribution < 1.29 is 9.84 Å². The molecule has 0 radical (unpaired) electrons. The monoisotopic (exact) mass is 268 g/mol. The smallest absolute Gasteiger partial charge is 0.140 e. The highest BCUT2D eigenvalue weighted by Crippen LogP contribution is 2.21. The van der Waals surface area contributed by atoms with Gasteiger partial charge in [0.05, 0.1) is 13.7 Å². The number of aromatic nitrogens is 2. The zero-order valence-corrected chi connectivity index (χ0v) is 11.3. The summed E-state index contributed by atoms with van der Waals surface area (Å²) in [5.41, 5.74) is 2.92. The van der Waals surface area contributed by atoms with Crippen molar-refractivity contribution in [2.24, 2.45) is 0 Å². The van der Waals surface area contributed by atoms with Gasteiger partial charge < -0.3 is 14.4 Å². The fraction of sp³-hybridized carbons (Fsp3) is 0.188. The summed E-state index contributed by atoms with van der Waals surface area (Å²) >= 11 is 0. The van der Waals surface area contributed by atoms with Crippen LogP contribution in [0.25, 0.3) is 11.0 Å². The third kappa shape index (κ3) is 2.26. The first-order valence-corrected chi connectivity index (χ1v) is 6.48. The van der Waals surface area contributed by atoms with E-state index in [4.69, 9.17) is 4.74 Å². The van der Waals surface area contributed by atoms with E-state index in [2.05, 4.69) is 15.6 Å². The summed E-state index contributed by atoms with van der Waals surface area (Å²) in [5, 5.41) is 10.4. The molecule has 102 valence electrons. The van der Waals surface area contributed by atoms with E-state index in [9.17, 15) is 5.11 Å². The number of ether oxygens (including phenoxy) is 1. The molecule has 0 aliphatic heterocycles. The van der Waals surface area contributed by atoms with Gasteiger partial charge in [-0.3, -0.25) is 0 Å². The first kappa shape index (κ1) is 12.7. The first-order chi connectivity index (χ1) is 9.81. The number of rotatable bonds is 4. The molecular weight excluding hydrogens is 252 g/mol. The summed E-state index contributed by atoms with van der Waals surface area (Å²) in [4.78, 5) is 4.41. The highest BCUT2D eigenvalue weighted by Gasteiger charge is 2.09. The molecule has 1 aromatic carbocycles. The lowest BCUT2D eigenvalue weighted by Gasteiger charge is -2.06. The molecule has 0 fully saturated rings. The van der Waals surface area contributed by atoms with Crippen molar-refractivity contribution in [1.82, 2.24) is 9.55 Å². The fourth-order valence-electron chi connectivity index (χ4n) is 2.41. The lowest BCUT2D eigenvalue weighted by Crippen LogP contribution is -1.99. The molecule has 0 bridgehead atoms. The van der Waals surface area contributed by atoms with Gasteiger partial charge in [-0.05, 0) is 29.8 Å². The van der Waals surface area contributed by atoms with Crippen LogP contribution < -0.4 is 4.74 Å². The average Bonchev–Trinajstić information content (AvgIpc) is 2.86. The Balaban J connectivity index is 2.02. The first-order valence-electron chi connectivity index (χ1n) is 6.48. The Kier molecular flexibility index (Phi) is 3.39. The van der Waals surface area contributed by atoms with Gasteiger partial charge in [-0.25, -0.2) is 4.98 Å². The van der Waals surface area contributed by atoms with Crippen molar-refractivity contribution in [1.29, 1.82) is 0 Å². The van der Waals surface area contributed by atoms with Gasteiger partial charge >= 0.3 is 0 Å². The van der Waals surface area contributed by atoms with Crippen molar-refractivity contribution in [2.45, 2.75) is 13.2 Å². The molecule has 4 nitrogen and oxygen atoms in total. The van der Waals surface area contributed by atoms with Crippen LogP contribution in [-0.4, -0.2) is 21.8 Å². The maximum atomic E-state index is 9.44. The number of hydrogen-bond acceptors (Lipinski definition) is 3. The largest absolute Gasteiger partial charge is 0.497 e. The number of fused-ring (bicyclic) bond motifs is 1. The maximum Gasteiger partial charge on any atom is 0.140 e. The van der Waals surface area contributed by atoms with Crippen LogP contribution in [0.4, 0.5) is 0 Å². The van der Waals surface area contributed by atoms with Gasteiger partial charge in [0.2, 0.25) is 0 Å². The molecule has 0 saturated heterocycles. The minimum atomic E-state index is 0.0211. The van der Waals surface area contributed by atoms with E-state index >= 15 is 0 Å². The minimum absolute atomic E-state index is 0.0211. The second kappa shape index (κ2) is 5.35. The van der Waals surface area contributed by atoms with Gasteiger partial charge in [-0.2, -0.15) is 0 Å². The molecule has 3 aromatic rings. The number of aliphatic hydroxyl groups excluding tert-OH is 1. The Hall–Kier alpha value is -2.33. The van der Waals surface area contributed by atoms with Crippen LogP contribution in [0.1, 0.15) is 11.1 Å². The summed E-state index contributed by atoms with van der Waals surface area (Å²) in [6, 6.07) is 11.8. The van der Waals surface area contributed by atoms with Crippen LogP contribution in [-0.2, 0) is 13.2 Å². The fourth-order valence-corrected chi connectivity index (χ4v) is 2.41. The molecule has 0 unspecified atom stereocenters.